The van der Waals surface area contributed by atoms with Crippen molar-refractivity contribution in [1.82, 2.24) is 10.1 Å². The highest BCUT2D eigenvalue weighted by Gasteiger charge is 2.45. The molecule has 0 radical (unpaired) electrons. The van der Waals surface area contributed by atoms with Crippen molar-refractivity contribution in [2.24, 2.45) is 5.41 Å². The van der Waals surface area contributed by atoms with E-state index < -0.39 is 29.3 Å². The van der Waals surface area contributed by atoms with E-state index in [1.165, 1.54) is 0 Å². The minimum absolute atomic E-state index is 0.398. The van der Waals surface area contributed by atoms with Crippen molar-refractivity contribution in [1.29, 1.82) is 0 Å². The third-order valence-corrected chi connectivity index (χ3v) is 2.45. The van der Waals surface area contributed by atoms with Gasteiger partial charge in [-0.25, -0.2) is 0 Å². The molecule has 1 fully saturated rings. The largest absolute Gasteiger partial charge is 0.455 e. The summed E-state index contributed by atoms with van der Waals surface area (Å²) in [5.74, 6) is -1.80. The van der Waals surface area contributed by atoms with Crippen LogP contribution in [-0.4, -0.2) is 16.0 Å². The lowest BCUT2D eigenvalue weighted by Crippen LogP contribution is -2.21. The van der Waals surface area contributed by atoms with E-state index in [4.69, 9.17) is 0 Å². The highest BCUT2D eigenvalue weighted by Crippen LogP contribution is 2.45. The van der Waals surface area contributed by atoms with Crippen molar-refractivity contribution < 1.29 is 22.5 Å². The molecule has 1 aliphatic carbocycles. The van der Waals surface area contributed by atoms with Crippen molar-refractivity contribution in [3.05, 3.63) is 5.82 Å². The van der Waals surface area contributed by atoms with Crippen molar-refractivity contribution >= 4 is 11.9 Å². The Kier molecular flexibility index (Phi) is 2.18. The Balaban J connectivity index is 2.06. The van der Waals surface area contributed by atoms with Crippen LogP contribution in [0.1, 0.15) is 25.6 Å². The van der Waals surface area contributed by atoms with Crippen LogP contribution in [0.15, 0.2) is 4.52 Å². The van der Waals surface area contributed by atoms with Crippen LogP contribution in [0.5, 0.6) is 0 Å². The Morgan fingerprint density at radius 3 is 2.56 bits per heavy atom. The monoisotopic (exact) mass is 235 g/mol. The lowest BCUT2D eigenvalue weighted by molar-refractivity contribution is -0.146. The lowest BCUT2D eigenvalue weighted by Gasteiger charge is -2.04. The van der Waals surface area contributed by atoms with Crippen molar-refractivity contribution in [2.45, 2.75) is 25.9 Å². The fraction of sp³-hybridized carbons (Fsp3) is 0.625. The molecule has 88 valence electrons. The number of nitrogens with zero attached hydrogens (tertiary/aromatic N) is 2. The average Bonchev–Trinajstić information content (AvgIpc) is 2.75. The van der Waals surface area contributed by atoms with Gasteiger partial charge in [-0.2, -0.15) is 18.2 Å². The first kappa shape index (κ1) is 10.9. The highest BCUT2D eigenvalue weighted by molar-refractivity contribution is 5.95. The fourth-order valence-corrected chi connectivity index (χ4v) is 1.05. The van der Waals surface area contributed by atoms with Crippen LogP contribution in [0.3, 0.4) is 0 Å². The van der Waals surface area contributed by atoms with Gasteiger partial charge in [-0.15, -0.1) is 0 Å². The zero-order valence-electron chi connectivity index (χ0n) is 8.26. The smallest absolute Gasteiger partial charge is 0.315 e. The van der Waals surface area contributed by atoms with Gasteiger partial charge in [0.15, 0.2) is 0 Å². The molecule has 0 atom stereocenters. The second-order valence-corrected chi connectivity index (χ2v) is 3.94. The van der Waals surface area contributed by atoms with Crippen LogP contribution in [0.4, 0.5) is 19.2 Å². The molecule has 0 unspecified atom stereocenters. The van der Waals surface area contributed by atoms with Gasteiger partial charge in [0.1, 0.15) is 0 Å². The van der Waals surface area contributed by atoms with Gasteiger partial charge >= 0.3 is 12.2 Å². The molecule has 1 aromatic heterocycles. The number of rotatable bonds is 2. The number of aromatic nitrogens is 2. The summed E-state index contributed by atoms with van der Waals surface area (Å²) < 4.78 is 40.5. The molecule has 0 bridgehead atoms. The minimum atomic E-state index is -4.67. The Hall–Kier alpha value is -1.60. The van der Waals surface area contributed by atoms with Crippen LogP contribution in [0, 0.1) is 5.41 Å². The molecule has 5 nitrogen and oxygen atoms in total. The van der Waals surface area contributed by atoms with Gasteiger partial charge in [-0.1, -0.05) is 6.92 Å². The normalized spacial score (nSPS) is 18.2. The summed E-state index contributed by atoms with van der Waals surface area (Å²) in [7, 11) is 0. The predicted molar refractivity (Wildman–Crippen MR) is 45.3 cm³/mol. The average molecular weight is 235 g/mol. The Bertz CT molecular complexity index is 422. The zero-order valence-corrected chi connectivity index (χ0v) is 8.26. The number of alkyl halides is 3. The number of carbonyl (C=O) groups excluding carboxylic acids is 1. The highest BCUT2D eigenvalue weighted by atomic mass is 19.4. The maximum absolute atomic E-state index is 12.1. The second kappa shape index (κ2) is 3.19. The van der Waals surface area contributed by atoms with Gasteiger partial charge < -0.3 is 4.52 Å². The molecular weight excluding hydrogens is 227 g/mol. The maximum atomic E-state index is 12.1. The molecule has 1 amide bonds. The SMILES string of the molecule is CC1(C(=O)Nc2nc(C(F)(F)F)no2)CC1. The van der Waals surface area contributed by atoms with E-state index in [1.54, 1.807) is 6.92 Å². The Labute approximate surface area is 88.0 Å². The summed E-state index contributed by atoms with van der Waals surface area (Å²) in [6.45, 7) is 1.71. The van der Waals surface area contributed by atoms with Crippen LogP contribution in [0.25, 0.3) is 0 Å². The van der Waals surface area contributed by atoms with Crippen LogP contribution in [0.2, 0.25) is 0 Å². The molecule has 1 heterocycles. The van der Waals surface area contributed by atoms with Gasteiger partial charge in [0, 0.05) is 5.41 Å². The summed E-state index contributed by atoms with van der Waals surface area (Å²) in [5, 5.41) is 4.87. The van der Waals surface area contributed by atoms with Crippen molar-refractivity contribution in [2.75, 3.05) is 5.32 Å². The quantitative estimate of drug-likeness (QED) is 0.848. The van der Waals surface area contributed by atoms with Gasteiger partial charge in [0.25, 0.3) is 5.82 Å². The molecule has 8 heteroatoms. The third kappa shape index (κ3) is 2.00. The van der Waals surface area contributed by atoms with Crippen LogP contribution < -0.4 is 5.32 Å². The first-order valence-corrected chi connectivity index (χ1v) is 4.54. The van der Waals surface area contributed by atoms with Gasteiger partial charge in [-0.3, -0.25) is 10.1 Å². The maximum Gasteiger partial charge on any atom is 0.455 e. The minimum Gasteiger partial charge on any atom is -0.315 e. The first-order chi connectivity index (χ1) is 7.31. The fourth-order valence-electron chi connectivity index (χ4n) is 1.05. The summed E-state index contributed by atoms with van der Waals surface area (Å²) in [5.41, 5.74) is -0.507. The van der Waals surface area contributed by atoms with Crippen molar-refractivity contribution in [3.8, 4) is 0 Å². The van der Waals surface area contributed by atoms with E-state index in [1.807, 2.05) is 0 Å². The number of halogens is 3. The van der Waals surface area contributed by atoms with E-state index >= 15 is 0 Å². The van der Waals surface area contributed by atoms with Crippen LogP contribution in [-0.2, 0) is 11.0 Å². The molecule has 0 aromatic carbocycles. The predicted octanol–water partition coefficient (Wildman–Crippen LogP) is 1.83. The molecule has 1 saturated carbocycles. The van der Waals surface area contributed by atoms with Gasteiger partial charge in [0.2, 0.25) is 5.91 Å². The van der Waals surface area contributed by atoms with Crippen molar-refractivity contribution in [3.63, 3.8) is 0 Å². The standard InChI is InChI=1S/C8H8F3N3O2/c1-7(2-3-7)5(15)13-6-12-4(14-16-6)8(9,10)11/h2-3H2,1H3,(H,12,13,14,15). The summed E-state index contributed by atoms with van der Waals surface area (Å²) >= 11 is 0. The third-order valence-electron chi connectivity index (χ3n) is 2.45. The zero-order chi connectivity index (χ0) is 12.0. The molecule has 16 heavy (non-hydrogen) atoms. The Morgan fingerprint density at radius 1 is 1.50 bits per heavy atom. The van der Waals surface area contributed by atoms with Crippen LogP contribution >= 0.6 is 0 Å². The molecule has 1 N–H and O–H groups in total. The lowest BCUT2D eigenvalue weighted by atomic mass is 10.1. The Morgan fingerprint density at radius 2 is 2.12 bits per heavy atom. The molecule has 0 aliphatic heterocycles. The molecule has 1 aromatic rings. The van der Waals surface area contributed by atoms with Gasteiger partial charge in [-0.05, 0) is 18.0 Å². The molecule has 1 aliphatic rings. The summed E-state index contributed by atoms with van der Waals surface area (Å²) in [4.78, 5) is 14.5. The second-order valence-electron chi connectivity index (χ2n) is 3.94. The summed E-state index contributed by atoms with van der Waals surface area (Å²) in [6, 6.07) is -0.523. The number of carbonyl (C=O) groups is 1. The number of nitrogens with one attached hydrogen (secondary N) is 1. The first-order valence-electron chi connectivity index (χ1n) is 4.54. The topological polar surface area (TPSA) is 68.0 Å². The molecule has 0 spiro atoms. The van der Waals surface area contributed by atoms with E-state index in [0.717, 1.165) is 0 Å². The van der Waals surface area contributed by atoms with E-state index in [-0.39, 0.29) is 0 Å². The molecule has 2 rings (SSSR count). The van der Waals surface area contributed by atoms with E-state index in [9.17, 15) is 18.0 Å². The van der Waals surface area contributed by atoms with E-state index in [2.05, 4.69) is 20.0 Å². The number of anilines is 1. The number of hydrogen-bond donors (Lipinski definition) is 1. The molecule has 0 saturated heterocycles. The number of amides is 1. The molecular formula is C8H8F3N3O2. The summed E-state index contributed by atoms with van der Waals surface area (Å²) in [6.07, 6.45) is -3.26. The van der Waals surface area contributed by atoms with Gasteiger partial charge in [0.05, 0.1) is 0 Å². The van der Waals surface area contributed by atoms with E-state index in [0.29, 0.717) is 12.8 Å². The number of hydrogen-bond acceptors (Lipinski definition) is 4.